The van der Waals surface area contributed by atoms with Crippen LogP contribution in [0.5, 0.6) is 0 Å². The van der Waals surface area contributed by atoms with Crippen molar-refractivity contribution >= 4 is 21.9 Å². The standard InChI is InChI=1S/C20H27F3N2O5S/c1-13-5-3-8-17(14(13)2)25-18(26)12-30-19(27)9-10-24-31(28,29)16-7-4-6-15(11-16)20(21,22)23/h4,6-7,11,13-14,17,24H,3,5,8-10,12H2,1-2H3,(H,25,26). The summed E-state index contributed by atoms with van der Waals surface area (Å²) in [6.45, 7) is 3.34. The minimum absolute atomic E-state index is 0.0224. The minimum atomic E-state index is -4.68. The lowest BCUT2D eigenvalue weighted by atomic mass is 9.78. The summed E-state index contributed by atoms with van der Waals surface area (Å²) < 4.78 is 69.4. The molecule has 1 fully saturated rings. The topological polar surface area (TPSA) is 102 Å². The highest BCUT2D eigenvalue weighted by molar-refractivity contribution is 7.89. The Hall–Kier alpha value is -2.14. The first-order valence-corrected chi connectivity index (χ1v) is 11.5. The molecule has 1 aromatic rings. The van der Waals surface area contributed by atoms with Crippen LogP contribution >= 0.6 is 0 Å². The number of hydrogen-bond acceptors (Lipinski definition) is 5. The van der Waals surface area contributed by atoms with Crippen molar-refractivity contribution in [2.45, 2.75) is 56.6 Å². The number of rotatable bonds is 8. The molecule has 3 unspecified atom stereocenters. The Morgan fingerprint density at radius 1 is 1.19 bits per heavy atom. The first kappa shape index (κ1) is 25.1. The summed E-state index contributed by atoms with van der Waals surface area (Å²) in [5.41, 5.74) is -1.09. The summed E-state index contributed by atoms with van der Waals surface area (Å²) in [6.07, 6.45) is -2.06. The van der Waals surface area contributed by atoms with Gasteiger partial charge in [0.1, 0.15) is 0 Å². The lowest BCUT2D eigenvalue weighted by Crippen LogP contribution is -2.45. The highest BCUT2D eigenvalue weighted by Crippen LogP contribution is 2.30. The van der Waals surface area contributed by atoms with Gasteiger partial charge in [0, 0.05) is 12.6 Å². The van der Waals surface area contributed by atoms with Crippen molar-refractivity contribution in [3.05, 3.63) is 29.8 Å². The van der Waals surface area contributed by atoms with E-state index in [0.717, 1.165) is 37.5 Å². The average molecular weight is 465 g/mol. The van der Waals surface area contributed by atoms with Gasteiger partial charge in [-0.2, -0.15) is 13.2 Å². The van der Waals surface area contributed by atoms with Crippen molar-refractivity contribution in [2.75, 3.05) is 13.2 Å². The average Bonchev–Trinajstić information content (AvgIpc) is 2.69. The Morgan fingerprint density at radius 2 is 1.90 bits per heavy atom. The minimum Gasteiger partial charge on any atom is -0.456 e. The monoisotopic (exact) mass is 464 g/mol. The number of sulfonamides is 1. The van der Waals surface area contributed by atoms with Crippen molar-refractivity contribution in [3.63, 3.8) is 0 Å². The second-order valence-electron chi connectivity index (χ2n) is 7.78. The molecule has 3 atom stereocenters. The molecule has 1 amide bonds. The molecule has 0 heterocycles. The van der Waals surface area contributed by atoms with E-state index in [9.17, 15) is 31.2 Å². The molecule has 31 heavy (non-hydrogen) atoms. The van der Waals surface area contributed by atoms with Crippen LogP contribution in [0.1, 0.15) is 45.1 Å². The fourth-order valence-electron chi connectivity index (χ4n) is 3.46. The van der Waals surface area contributed by atoms with E-state index in [4.69, 9.17) is 4.74 Å². The van der Waals surface area contributed by atoms with Crippen LogP contribution in [0.2, 0.25) is 0 Å². The second kappa shape index (κ2) is 10.4. The maximum absolute atomic E-state index is 12.7. The van der Waals surface area contributed by atoms with E-state index in [1.807, 2.05) is 0 Å². The maximum Gasteiger partial charge on any atom is 0.416 e. The summed E-state index contributed by atoms with van der Waals surface area (Å²) in [6, 6.07) is 3.30. The van der Waals surface area contributed by atoms with E-state index in [2.05, 4.69) is 23.9 Å². The van der Waals surface area contributed by atoms with E-state index in [1.165, 1.54) is 0 Å². The highest BCUT2D eigenvalue weighted by Gasteiger charge is 2.32. The van der Waals surface area contributed by atoms with Crippen LogP contribution in [0, 0.1) is 11.8 Å². The maximum atomic E-state index is 12.7. The zero-order valence-electron chi connectivity index (χ0n) is 17.4. The smallest absolute Gasteiger partial charge is 0.416 e. The Balaban J connectivity index is 1.77. The Morgan fingerprint density at radius 3 is 2.58 bits per heavy atom. The van der Waals surface area contributed by atoms with Crippen LogP contribution in [-0.2, 0) is 30.5 Å². The Labute approximate surface area is 179 Å². The number of carbonyl (C=O) groups excluding carboxylic acids is 2. The molecule has 0 saturated heterocycles. The van der Waals surface area contributed by atoms with Crippen LogP contribution in [0.4, 0.5) is 13.2 Å². The first-order valence-electron chi connectivity index (χ1n) is 10.0. The number of alkyl halides is 3. The number of halogens is 3. The van der Waals surface area contributed by atoms with Crippen molar-refractivity contribution < 1.29 is 35.9 Å². The van der Waals surface area contributed by atoms with Gasteiger partial charge in [0.15, 0.2) is 6.61 Å². The number of benzene rings is 1. The summed E-state index contributed by atoms with van der Waals surface area (Å²) in [4.78, 5) is 23.2. The Bertz CT molecular complexity index is 889. The number of nitrogens with one attached hydrogen (secondary N) is 2. The molecule has 1 aliphatic rings. The van der Waals surface area contributed by atoms with E-state index in [0.29, 0.717) is 17.9 Å². The van der Waals surface area contributed by atoms with E-state index < -0.39 is 45.1 Å². The van der Waals surface area contributed by atoms with Crippen LogP contribution in [-0.4, -0.2) is 39.5 Å². The molecule has 1 saturated carbocycles. The lowest BCUT2D eigenvalue weighted by Gasteiger charge is -2.34. The fourth-order valence-corrected chi connectivity index (χ4v) is 4.54. The third-order valence-corrected chi connectivity index (χ3v) is 6.97. The Kier molecular flexibility index (Phi) is 8.47. The summed E-state index contributed by atoms with van der Waals surface area (Å²) in [5, 5.41) is 2.85. The van der Waals surface area contributed by atoms with E-state index in [1.54, 1.807) is 0 Å². The predicted octanol–water partition coefficient (Wildman–Crippen LogP) is 2.86. The summed E-state index contributed by atoms with van der Waals surface area (Å²) in [7, 11) is -4.24. The fraction of sp³-hybridized carbons (Fsp3) is 0.600. The van der Waals surface area contributed by atoms with Crippen molar-refractivity contribution in [2.24, 2.45) is 11.8 Å². The summed E-state index contributed by atoms with van der Waals surface area (Å²) >= 11 is 0. The van der Waals surface area contributed by atoms with Crippen LogP contribution < -0.4 is 10.0 Å². The molecular weight excluding hydrogens is 437 g/mol. The van der Waals surface area contributed by atoms with Crippen LogP contribution in [0.3, 0.4) is 0 Å². The quantitative estimate of drug-likeness (QED) is 0.576. The van der Waals surface area contributed by atoms with Gasteiger partial charge in [0.25, 0.3) is 5.91 Å². The van der Waals surface area contributed by atoms with Gasteiger partial charge >= 0.3 is 12.1 Å². The van der Waals surface area contributed by atoms with Gasteiger partial charge in [-0.15, -0.1) is 0 Å². The molecule has 0 aromatic heterocycles. The zero-order chi connectivity index (χ0) is 23.2. The largest absolute Gasteiger partial charge is 0.456 e. The number of hydrogen-bond donors (Lipinski definition) is 2. The normalized spacial score (nSPS) is 22.0. The second-order valence-corrected chi connectivity index (χ2v) is 9.54. The molecule has 0 radical (unpaired) electrons. The molecule has 0 aliphatic heterocycles. The number of carbonyl (C=O) groups is 2. The van der Waals surface area contributed by atoms with Gasteiger partial charge in [0.2, 0.25) is 10.0 Å². The molecule has 2 rings (SSSR count). The third-order valence-electron chi connectivity index (χ3n) is 5.51. The van der Waals surface area contributed by atoms with Gasteiger partial charge in [-0.25, -0.2) is 13.1 Å². The van der Waals surface area contributed by atoms with Crippen LogP contribution in [0.15, 0.2) is 29.2 Å². The SMILES string of the molecule is CC1CCCC(NC(=O)COC(=O)CCNS(=O)(=O)c2cccc(C(F)(F)F)c2)C1C. The molecule has 2 N–H and O–H groups in total. The van der Waals surface area contributed by atoms with Gasteiger partial charge in [-0.05, 0) is 36.5 Å². The van der Waals surface area contributed by atoms with Crippen molar-refractivity contribution in [1.82, 2.24) is 10.0 Å². The number of ether oxygens (including phenoxy) is 1. The van der Waals surface area contributed by atoms with Gasteiger partial charge in [0.05, 0.1) is 16.9 Å². The van der Waals surface area contributed by atoms with Crippen molar-refractivity contribution in [3.8, 4) is 0 Å². The molecular formula is C20H27F3N2O5S. The molecule has 1 aliphatic carbocycles. The molecule has 174 valence electrons. The third kappa shape index (κ3) is 7.49. The predicted molar refractivity (Wildman–Crippen MR) is 106 cm³/mol. The van der Waals surface area contributed by atoms with E-state index in [-0.39, 0.29) is 19.0 Å². The number of esters is 1. The molecule has 1 aromatic carbocycles. The zero-order valence-corrected chi connectivity index (χ0v) is 18.2. The molecule has 0 bridgehead atoms. The molecule has 0 spiro atoms. The van der Waals surface area contributed by atoms with Crippen molar-refractivity contribution in [1.29, 1.82) is 0 Å². The van der Waals surface area contributed by atoms with Crippen LogP contribution in [0.25, 0.3) is 0 Å². The highest BCUT2D eigenvalue weighted by atomic mass is 32.2. The van der Waals surface area contributed by atoms with Gasteiger partial charge in [-0.3, -0.25) is 9.59 Å². The summed E-state index contributed by atoms with van der Waals surface area (Å²) in [5.74, 6) is -0.416. The first-order chi connectivity index (χ1) is 14.4. The van der Waals surface area contributed by atoms with Gasteiger partial charge < -0.3 is 10.1 Å². The lowest BCUT2D eigenvalue weighted by molar-refractivity contribution is -0.148. The number of amides is 1. The molecule has 7 nitrogen and oxygen atoms in total. The van der Waals surface area contributed by atoms with Gasteiger partial charge in [-0.1, -0.05) is 32.8 Å². The van der Waals surface area contributed by atoms with E-state index >= 15 is 0 Å². The molecule has 11 heteroatoms.